The normalized spacial score (nSPS) is 11.3. The van der Waals surface area contributed by atoms with Gasteiger partial charge in [-0.05, 0) is 24.6 Å². The predicted molar refractivity (Wildman–Crippen MR) is 67.6 cm³/mol. The number of hydrogen-bond acceptors (Lipinski definition) is 2. The molecule has 0 heterocycles. The van der Waals surface area contributed by atoms with Crippen molar-refractivity contribution in [1.29, 1.82) is 0 Å². The van der Waals surface area contributed by atoms with Crippen molar-refractivity contribution in [2.24, 2.45) is 5.92 Å². The molecule has 0 saturated heterocycles. The summed E-state index contributed by atoms with van der Waals surface area (Å²) in [6.07, 6.45) is 0. The SMILES string of the molecule is CCN(CC(=O)c1c(F)cccc1F)CC(C)C. The molecule has 2 nitrogen and oxygen atoms in total. The zero-order chi connectivity index (χ0) is 13.7. The molecule has 0 aliphatic heterocycles. The molecule has 1 rings (SSSR count). The van der Waals surface area contributed by atoms with Crippen LogP contribution in [0, 0.1) is 17.6 Å². The van der Waals surface area contributed by atoms with Crippen LogP contribution in [0.4, 0.5) is 8.78 Å². The third kappa shape index (κ3) is 3.88. The lowest BCUT2D eigenvalue weighted by molar-refractivity contribution is 0.0918. The molecule has 0 bridgehead atoms. The average molecular weight is 255 g/mol. The van der Waals surface area contributed by atoms with Crippen molar-refractivity contribution in [2.75, 3.05) is 19.6 Å². The van der Waals surface area contributed by atoms with E-state index >= 15 is 0 Å². The third-order valence-corrected chi connectivity index (χ3v) is 2.68. The summed E-state index contributed by atoms with van der Waals surface area (Å²) in [4.78, 5) is 13.8. The lowest BCUT2D eigenvalue weighted by Gasteiger charge is -2.21. The molecule has 18 heavy (non-hydrogen) atoms. The first kappa shape index (κ1) is 14.8. The van der Waals surface area contributed by atoms with Gasteiger partial charge >= 0.3 is 0 Å². The Labute approximate surface area is 107 Å². The average Bonchev–Trinajstić information content (AvgIpc) is 2.27. The van der Waals surface area contributed by atoms with Crippen molar-refractivity contribution in [1.82, 2.24) is 4.90 Å². The van der Waals surface area contributed by atoms with E-state index in [4.69, 9.17) is 0 Å². The van der Waals surface area contributed by atoms with Crippen molar-refractivity contribution >= 4 is 5.78 Å². The van der Waals surface area contributed by atoms with Crippen LogP contribution in [0.15, 0.2) is 18.2 Å². The highest BCUT2D eigenvalue weighted by atomic mass is 19.1. The Morgan fingerprint density at radius 1 is 1.28 bits per heavy atom. The minimum Gasteiger partial charge on any atom is -0.296 e. The summed E-state index contributed by atoms with van der Waals surface area (Å²) >= 11 is 0. The molecule has 0 aliphatic rings. The van der Waals surface area contributed by atoms with Gasteiger partial charge in [-0.15, -0.1) is 0 Å². The number of halogens is 2. The number of nitrogens with zero attached hydrogens (tertiary/aromatic N) is 1. The Morgan fingerprint density at radius 3 is 2.28 bits per heavy atom. The standard InChI is InChI=1S/C14H19F2NO/c1-4-17(8-10(2)3)9-13(18)14-11(15)6-5-7-12(14)16/h5-7,10H,4,8-9H2,1-3H3. The summed E-state index contributed by atoms with van der Waals surface area (Å²) in [5.41, 5.74) is -0.431. The van der Waals surface area contributed by atoms with E-state index in [1.54, 1.807) is 0 Å². The van der Waals surface area contributed by atoms with Crippen LogP contribution in [-0.4, -0.2) is 30.3 Å². The van der Waals surface area contributed by atoms with Crippen LogP contribution in [0.1, 0.15) is 31.1 Å². The van der Waals surface area contributed by atoms with Crippen LogP contribution in [0.25, 0.3) is 0 Å². The van der Waals surface area contributed by atoms with Gasteiger partial charge in [0.2, 0.25) is 0 Å². The largest absolute Gasteiger partial charge is 0.296 e. The number of carbonyl (C=O) groups excluding carboxylic acids is 1. The van der Waals surface area contributed by atoms with Crippen LogP contribution in [0.5, 0.6) is 0 Å². The molecular formula is C14H19F2NO. The van der Waals surface area contributed by atoms with E-state index < -0.39 is 23.0 Å². The first-order valence-electron chi connectivity index (χ1n) is 6.15. The van der Waals surface area contributed by atoms with E-state index in [0.717, 1.165) is 18.7 Å². The highest BCUT2D eigenvalue weighted by Gasteiger charge is 2.19. The van der Waals surface area contributed by atoms with Crippen LogP contribution in [0.3, 0.4) is 0 Å². The fourth-order valence-electron chi connectivity index (χ4n) is 1.87. The first-order valence-corrected chi connectivity index (χ1v) is 6.15. The number of carbonyl (C=O) groups is 1. The number of Topliss-reactive ketones (excluding diaryl/α,β-unsaturated/α-hetero) is 1. The highest BCUT2D eigenvalue weighted by Crippen LogP contribution is 2.13. The van der Waals surface area contributed by atoms with E-state index in [2.05, 4.69) is 0 Å². The van der Waals surface area contributed by atoms with Gasteiger partial charge in [-0.3, -0.25) is 9.69 Å². The van der Waals surface area contributed by atoms with Gasteiger partial charge in [0, 0.05) is 6.54 Å². The smallest absolute Gasteiger partial charge is 0.182 e. The molecule has 0 aromatic heterocycles. The number of benzene rings is 1. The van der Waals surface area contributed by atoms with Crippen molar-refractivity contribution in [2.45, 2.75) is 20.8 Å². The molecule has 0 atom stereocenters. The second-order valence-electron chi connectivity index (χ2n) is 4.74. The van der Waals surface area contributed by atoms with E-state index in [1.165, 1.54) is 6.07 Å². The molecule has 0 amide bonds. The maximum atomic E-state index is 13.4. The molecule has 1 aromatic carbocycles. The van der Waals surface area contributed by atoms with E-state index in [9.17, 15) is 13.6 Å². The van der Waals surface area contributed by atoms with Crippen molar-refractivity contribution in [3.05, 3.63) is 35.4 Å². The minimum atomic E-state index is -0.791. The summed E-state index contributed by atoms with van der Waals surface area (Å²) < 4.78 is 26.9. The summed E-state index contributed by atoms with van der Waals surface area (Å²) in [5, 5.41) is 0. The summed E-state index contributed by atoms with van der Waals surface area (Å²) in [7, 11) is 0. The Kier molecular flexibility index (Phi) is 5.41. The van der Waals surface area contributed by atoms with E-state index in [-0.39, 0.29) is 6.54 Å². The van der Waals surface area contributed by atoms with Crippen molar-refractivity contribution in [3.8, 4) is 0 Å². The quantitative estimate of drug-likeness (QED) is 0.728. The summed E-state index contributed by atoms with van der Waals surface area (Å²) in [6, 6.07) is 3.47. The maximum Gasteiger partial charge on any atom is 0.182 e. The molecule has 0 aliphatic carbocycles. The zero-order valence-electron chi connectivity index (χ0n) is 11.0. The molecule has 4 heteroatoms. The van der Waals surface area contributed by atoms with Gasteiger partial charge in [0.1, 0.15) is 11.6 Å². The second-order valence-corrected chi connectivity index (χ2v) is 4.74. The first-order chi connectivity index (χ1) is 8.45. The number of rotatable bonds is 6. The predicted octanol–water partition coefficient (Wildman–Crippen LogP) is 3.13. The second kappa shape index (κ2) is 6.59. The fourth-order valence-corrected chi connectivity index (χ4v) is 1.87. The van der Waals surface area contributed by atoms with Gasteiger partial charge < -0.3 is 0 Å². The highest BCUT2D eigenvalue weighted by molar-refractivity contribution is 5.98. The van der Waals surface area contributed by atoms with Crippen molar-refractivity contribution < 1.29 is 13.6 Å². The molecule has 0 unspecified atom stereocenters. The van der Waals surface area contributed by atoms with Crippen molar-refractivity contribution in [3.63, 3.8) is 0 Å². The fraction of sp³-hybridized carbons (Fsp3) is 0.500. The molecule has 1 aromatic rings. The molecule has 100 valence electrons. The summed E-state index contributed by atoms with van der Waals surface area (Å²) in [5.74, 6) is -1.68. The molecule has 0 radical (unpaired) electrons. The lowest BCUT2D eigenvalue weighted by atomic mass is 10.1. The molecule has 0 N–H and O–H groups in total. The Hall–Kier alpha value is -1.29. The van der Waals surface area contributed by atoms with Crippen LogP contribution >= 0.6 is 0 Å². The zero-order valence-corrected chi connectivity index (χ0v) is 11.0. The molecule has 0 fully saturated rings. The van der Waals surface area contributed by atoms with Gasteiger partial charge in [-0.25, -0.2) is 8.78 Å². The number of ketones is 1. The monoisotopic (exact) mass is 255 g/mol. The van der Waals surface area contributed by atoms with Gasteiger partial charge in [0.05, 0.1) is 12.1 Å². The van der Waals surface area contributed by atoms with Gasteiger partial charge in [0.15, 0.2) is 5.78 Å². The van der Waals surface area contributed by atoms with Crippen LogP contribution in [-0.2, 0) is 0 Å². The molecule has 0 spiro atoms. The van der Waals surface area contributed by atoms with Crippen LogP contribution in [0.2, 0.25) is 0 Å². The maximum absolute atomic E-state index is 13.4. The van der Waals surface area contributed by atoms with E-state index in [0.29, 0.717) is 12.5 Å². The van der Waals surface area contributed by atoms with E-state index in [1.807, 2.05) is 25.7 Å². The Balaban J connectivity index is 2.81. The van der Waals surface area contributed by atoms with Crippen LogP contribution < -0.4 is 0 Å². The summed E-state index contributed by atoms with van der Waals surface area (Å²) in [6.45, 7) is 7.46. The molecule has 0 saturated carbocycles. The number of hydrogen-bond donors (Lipinski definition) is 0. The minimum absolute atomic E-state index is 0.0481. The third-order valence-electron chi connectivity index (χ3n) is 2.68. The van der Waals surface area contributed by atoms with Gasteiger partial charge in [0.25, 0.3) is 0 Å². The topological polar surface area (TPSA) is 20.3 Å². The lowest BCUT2D eigenvalue weighted by Crippen LogP contribution is -2.33. The van der Waals surface area contributed by atoms with Gasteiger partial charge in [-0.1, -0.05) is 26.8 Å². The Bertz CT molecular complexity index is 398. The molecular weight excluding hydrogens is 236 g/mol. The van der Waals surface area contributed by atoms with Gasteiger partial charge in [-0.2, -0.15) is 0 Å². The Morgan fingerprint density at radius 2 is 1.83 bits per heavy atom. The number of likely N-dealkylation sites (N-methyl/N-ethyl adjacent to an activating group) is 1.